The van der Waals surface area contributed by atoms with Crippen LogP contribution in [0.25, 0.3) is 0 Å². The number of nitrogens with zero attached hydrogens (tertiary/aromatic N) is 2. The minimum Gasteiger partial charge on any atom is -0.365 e. The van der Waals surface area contributed by atoms with Crippen LogP contribution >= 0.6 is 0 Å². The average Bonchev–Trinajstić information content (AvgIpc) is 2.50. The van der Waals surface area contributed by atoms with Crippen molar-refractivity contribution in [3.8, 4) is 0 Å². The minimum absolute atomic E-state index is 0.466. The van der Waals surface area contributed by atoms with E-state index >= 15 is 0 Å². The van der Waals surface area contributed by atoms with Gasteiger partial charge < -0.3 is 5.32 Å². The summed E-state index contributed by atoms with van der Waals surface area (Å²) >= 11 is 0. The quantitative estimate of drug-likeness (QED) is 0.908. The van der Waals surface area contributed by atoms with Crippen molar-refractivity contribution >= 4 is 5.82 Å². The number of anilines is 1. The van der Waals surface area contributed by atoms with E-state index in [1.807, 2.05) is 0 Å². The highest BCUT2D eigenvalue weighted by molar-refractivity contribution is 5.34. The van der Waals surface area contributed by atoms with Crippen molar-refractivity contribution < 1.29 is 0 Å². The van der Waals surface area contributed by atoms with Gasteiger partial charge in [0.15, 0.2) is 0 Å². The molecule has 1 heterocycles. The number of hydrogen-bond acceptors (Lipinski definition) is 3. The summed E-state index contributed by atoms with van der Waals surface area (Å²) in [6.45, 7) is 0. The van der Waals surface area contributed by atoms with Crippen LogP contribution in [0.1, 0.15) is 37.2 Å². The zero-order valence-electron chi connectivity index (χ0n) is 11.0. The smallest absolute Gasteiger partial charge is 0.144 e. The summed E-state index contributed by atoms with van der Waals surface area (Å²) in [6.07, 6.45) is 10.3. The second kappa shape index (κ2) is 5.83. The molecule has 2 atom stereocenters. The fourth-order valence-corrected chi connectivity index (χ4v) is 2.97. The number of aromatic nitrogens is 2. The molecule has 1 aliphatic carbocycles. The van der Waals surface area contributed by atoms with Crippen LogP contribution in [0, 0.1) is 0 Å². The zero-order chi connectivity index (χ0) is 12.9. The Kier molecular flexibility index (Phi) is 3.73. The molecule has 1 aliphatic rings. The maximum Gasteiger partial charge on any atom is 0.144 e. The second-order valence-corrected chi connectivity index (χ2v) is 5.14. The fourth-order valence-electron chi connectivity index (χ4n) is 2.97. The third kappa shape index (κ3) is 2.92. The number of hydrogen-bond donors (Lipinski definition) is 1. The first-order chi connectivity index (χ1) is 9.43. The average molecular weight is 253 g/mol. The Balaban J connectivity index is 1.78. The monoisotopic (exact) mass is 253 g/mol. The highest BCUT2D eigenvalue weighted by Gasteiger charge is 2.26. The Hall–Kier alpha value is -1.90. The Bertz CT molecular complexity index is 498. The molecular formula is C16H19N3. The van der Waals surface area contributed by atoms with Gasteiger partial charge in [-0.1, -0.05) is 43.2 Å². The maximum atomic E-state index is 4.33. The van der Waals surface area contributed by atoms with Gasteiger partial charge in [0.2, 0.25) is 0 Å². The van der Waals surface area contributed by atoms with Crippen LogP contribution in [-0.2, 0) is 0 Å². The van der Waals surface area contributed by atoms with Crippen molar-refractivity contribution in [1.29, 1.82) is 0 Å². The van der Waals surface area contributed by atoms with Gasteiger partial charge in [-0.3, -0.25) is 4.98 Å². The summed E-state index contributed by atoms with van der Waals surface area (Å²) in [7, 11) is 0. The number of benzene rings is 1. The molecule has 0 saturated heterocycles. The first-order valence-corrected chi connectivity index (χ1v) is 7.01. The van der Waals surface area contributed by atoms with E-state index in [0.717, 1.165) is 5.82 Å². The van der Waals surface area contributed by atoms with E-state index in [2.05, 4.69) is 45.6 Å². The molecule has 3 rings (SSSR count). The van der Waals surface area contributed by atoms with Gasteiger partial charge in [-0.05, 0) is 18.4 Å². The topological polar surface area (TPSA) is 37.8 Å². The first-order valence-electron chi connectivity index (χ1n) is 7.01. The Morgan fingerprint density at radius 3 is 2.63 bits per heavy atom. The van der Waals surface area contributed by atoms with Gasteiger partial charge in [-0.25, -0.2) is 4.98 Å². The molecule has 0 unspecified atom stereocenters. The number of rotatable bonds is 3. The molecule has 1 N–H and O–H groups in total. The van der Waals surface area contributed by atoms with Crippen molar-refractivity contribution in [2.75, 3.05) is 5.32 Å². The molecule has 3 nitrogen and oxygen atoms in total. The van der Waals surface area contributed by atoms with Crippen molar-refractivity contribution in [2.24, 2.45) is 0 Å². The molecule has 1 aromatic carbocycles. The summed E-state index contributed by atoms with van der Waals surface area (Å²) in [5.74, 6) is 1.47. The molecule has 0 bridgehead atoms. The van der Waals surface area contributed by atoms with E-state index in [0.29, 0.717) is 12.0 Å². The van der Waals surface area contributed by atoms with Gasteiger partial charge in [-0.15, -0.1) is 0 Å². The largest absolute Gasteiger partial charge is 0.365 e. The van der Waals surface area contributed by atoms with Crippen molar-refractivity contribution in [3.63, 3.8) is 0 Å². The van der Waals surface area contributed by atoms with E-state index < -0.39 is 0 Å². The van der Waals surface area contributed by atoms with Crippen LogP contribution in [0.5, 0.6) is 0 Å². The predicted octanol–water partition coefficient (Wildman–Crippen LogP) is 3.61. The predicted molar refractivity (Wildman–Crippen MR) is 77.1 cm³/mol. The third-order valence-corrected chi connectivity index (χ3v) is 3.89. The lowest BCUT2D eigenvalue weighted by Crippen LogP contribution is -2.31. The van der Waals surface area contributed by atoms with E-state index in [1.165, 1.54) is 31.2 Å². The number of nitrogens with one attached hydrogen (secondary N) is 1. The molecule has 0 aliphatic heterocycles. The van der Waals surface area contributed by atoms with Gasteiger partial charge in [0.1, 0.15) is 5.82 Å². The lowest BCUT2D eigenvalue weighted by molar-refractivity contribution is 0.404. The highest BCUT2D eigenvalue weighted by Crippen LogP contribution is 2.34. The van der Waals surface area contributed by atoms with E-state index in [-0.39, 0.29) is 0 Å². The lowest BCUT2D eigenvalue weighted by atomic mass is 9.80. The van der Waals surface area contributed by atoms with Crippen LogP contribution < -0.4 is 5.32 Å². The van der Waals surface area contributed by atoms with E-state index in [4.69, 9.17) is 0 Å². The van der Waals surface area contributed by atoms with E-state index in [9.17, 15) is 0 Å². The summed E-state index contributed by atoms with van der Waals surface area (Å²) in [4.78, 5) is 8.45. The molecule has 1 aromatic heterocycles. The van der Waals surface area contributed by atoms with Crippen LogP contribution in [0.3, 0.4) is 0 Å². The summed E-state index contributed by atoms with van der Waals surface area (Å²) < 4.78 is 0. The SMILES string of the molecule is c1ccc([C@@H]2CCCC[C@H]2Nc2cnccn2)cc1. The maximum absolute atomic E-state index is 4.33. The summed E-state index contributed by atoms with van der Waals surface area (Å²) in [5, 5.41) is 3.56. The van der Waals surface area contributed by atoms with Gasteiger partial charge in [-0.2, -0.15) is 0 Å². The molecule has 1 fully saturated rings. The minimum atomic E-state index is 0.466. The lowest BCUT2D eigenvalue weighted by Gasteiger charge is -2.32. The Morgan fingerprint density at radius 1 is 1.00 bits per heavy atom. The fraction of sp³-hybridized carbons (Fsp3) is 0.375. The third-order valence-electron chi connectivity index (χ3n) is 3.89. The van der Waals surface area contributed by atoms with E-state index in [1.54, 1.807) is 18.6 Å². The molecule has 1 saturated carbocycles. The van der Waals surface area contributed by atoms with Gasteiger partial charge >= 0.3 is 0 Å². The van der Waals surface area contributed by atoms with Gasteiger partial charge in [0.25, 0.3) is 0 Å². The van der Waals surface area contributed by atoms with Crippen LogP contribution in [-0.4, -0.2) is 16.0 Å². The zero-order valence-corrected chi connectivity index (χ0v) is 11.0. The molecule has 0 radical (unpaired) electrons. The molecule has 2 aromatic rings. The summed E-state index contributed by atoms with van der Waals surface area (Å²) in [5.41, 5.74) is 1.43. The van der Waals surface area contributed by atoms with Crippen molar-refractivity contribution in [2.45, 2.75) is 37.6 Å². The van der Waals surface area contributed by atoms with Crippen molar-refractivity contribution in [1.82, 2.24) is 9.97 Å². The van der Waals surface area contributed by atoms with Gasteiger partial charge in [0.05, 0.1) is 6.20 Å². The molecule has 98 valence electrons. The Labute approximate surface area is 114 Å². The molecule has 3 heteroatoms. The van der Waals surface area contributed by atoms with Crippen LogP contribution in [0.4, 0.5) is 5.82 Å². The standard InChI is InChI=1S/C16H19N3/c1-2-6-13(7-3-1)14-8-4-5-9-15(14)19-16-12-17-10-11-18-16/h1-3,6-7,10-12,14-15H,4-5,8-9H2,(H,18,19)/t14-,15+/m0/s1. The highest BCUT2D eigenvalue weighted by atomic mass is 15.0. The molecular weight excluding hydrogens is 234 g/mol. The molecule has 0 amide bonds. The van der Waals surface area contributed by atoms with Crippen LogP contribution in [0.15, 0.2) is 48.9 Å². The van der Waals surface area contributed by atoms with Crippen molar-refractivity contribution in [3.05, 3.63) is 54.5 Å². The van der Waals surface area contributed by atoms with Crippen LogP contribution in [0.2, 0.25) is 0 Å². The van der Waals surface area contributed by atoms with Gasteiger partial charge in [0, 0.05) is 24.4 Å². The molecule has 19 heavy (non-hydrogen) atoms. The second-order valence-electron chi connectivity index (χ2n) is 5.14. The summed E-state index contributed by atoms with van der Waals surface area (Å²) in [6, 6.07) is 11.3. The first kappa shape index (κ1) is 12.2. The normalized spacial score (nSPS) is 22.9. The molecule has 0 spiro atoms. The Morgan fingerprint density at radius 2 is 1.84 bits per heavy atom.